The number of aliphatic hydroxyl groups is 6. The minimum atomic E-state index is -2.27. The van der Waals surface area contributed by atoms with Crippen LogP contribution in [0, 0.1) is 11.8 Å². The number of hydrogen-bond acceptors (Lipinski definition) is 14. The van der Waals surface area contributed by atoms with E-state index >= 15 is 0 Å². The largest absolute Gasteiger partial charge is 0.508 e. The molecule has 6 rings (SSSR count). The van der Waals surface area contributed by atoms with Crippen LogP contribution in [0.1, 0.15) is 74.0 Å². The highest BCUT2D eigenvalue weighted by atomic mass is 16.4. The molecule has 0 saturated carbocycles. The van der Waals surface area contributed by atoms with E-state index in [0.717, 1.165) is 62.0 Å². The van der Waals surface area contributed by atoms with E-state index in [9.17, 15) is 39.6 Å². The van der Waals surface area contributed by atoms with Gasteiger partial charge >= 0.3 is 23.9 Å². The lowest BCUT2D eigenvalue weighted by atomic mass is 9.89. The Morgan fingerprint density at radius 2 is 0.696 bits per heavy atom. The molecular weight excluding hydrogens is 901 g/mol. The van der Waals surface area contributed by atoms with Gasteiger partial charge in [-0.3, -0.25) is 9.80 Å². The number of hydrogen-bond donors (Lipinski definition) is 12. The number of rotatable bonds is 16. The number of likely N-dealkylation sites (tertiary alicyclic amines) is 2. The Balaban J connectivity index is 0.000000341. The Labute approximate surface area is 400 Å². The van der Waals surface area contributed by atoms with E-state index in [4.69, 9.17) is 40.9 Å². The zero-order valence-corrected chi connectivity index (χ0v) is 38.6. The van der Waals surface area contributed by atoms with Gasteiger partial charge in [0.05, 0.1) is 12.2 Å². The Kier molecular flexibility index (Phi) is 25.5. The Hall–Kier alpha value is -6.00. The van der Waals surface area contributed by atoms with Crippen molar-refractivity contribution in [3.8, 4) is 11.5 Å². The smallest absolute Gasteiger partial charge is 0.335 e. The first kappa shape index (κ1) is 59.1. The van der Waals surface area contributed by atoms with Gasteiger partial charge < -0.3 is 66.8 Å². The maximum Gasteiger partial charge on any atom is 0.335 e. The van der Waals surface area contributed by atoms with E-state index in [1.54, 1.807) is 48.5 Å². The van der Waals surface area contributed by atoms with Crippen molar-refractivity contribution in [2.45, 2.75) is 101 Å². The van der Waals surface area contributed by atoms with Crippen LogP contribution in [-0.2, 0) is 32.0 Å². The molecule has 8 unspecified atom stereocenters. The lowest BCUT2D eigenvalue weighted by Crippen LogP contribution is -2.43. The van der Waals surface area contributed by atoms with Crippen molar-refractivity contribution < 1.29 is 85.9 Å². The molecule has 2 fully saturated rings. The number of nitrogens with zero attached hydrogens (tertiary/aromatic N) is 2. The van der Waals surface area contributed by atoms with Crippen molar-refractivity contribution in [1.82, 2.24) is 9.80 Å². The summed E-state index contributed by atoms with van der Waals surface area (Å²) in [6, 6.07) is 35.4. The number of carbonyl (C=O) groups is 4. The van der Waals surface area contributed by atoms with Crippen LogP contribution < -0.4 is 0 Å². The molecule has 2 aliphatic heterocycles. The van der Waals surface area contributed by atoms with Gasteiger partial charge in [0.2, 0.25) is 0 Å². The number of carboxylic acid groups (broad SMARTS) is 4. The third-order valence-corrected chi connectivity index (χ3v) is 12.2. The molecule has 0 aromatic heterocycles. The van der Waals surface area contributed by atoms with Crippen LogP contribution in [0.2, 0.25) is 0 Å². The fourth-order valence-electron chi connectivity index (χ4n) is 7.86. The van der Waals surface area contributed by atoms with Gasteiger partial charge in [0.25, 0.3) is 0 Å². The Morgan fingerprint density at radius 1 is 0.449 bits per heavy atom. The van der Waals surface area contributed by atoms with Gasteiger partial charge in [0, 0.05) is 12.1 Å². The number of piperidine rings is 2. The predicted molar refractivity (Wildman–Crippen MR) is 252 cm³/mol. The summed E-state index contributed by atoms with van der Waals surface area (Å²) in [6.45, 7) is 8.33. The van der Waals surface area contributed by atoms with Gasteiger partial charge in [-0.1, -0.05) is 84.9 Å². The van der Waals surface area contributed by atoms with Crippen LogP contribution in [0.5, 0.6) is 11.5 Å². The minimum Gasteiger partial charge on any atom is -0.508 e. The first-order valence-electron chi connectivity index (χ1n) is 22.3. The molecule has 2 heterocycles. The summed E-state index contributed by atoms with van der Waals surface area (Å²) in [6.07, 6.45) is -3.06. The van der Waals surface area contributed by atoms with E-state index in [2.05, 4.69) is 84.3 Å². The molecule has 14 N–H and O–H groups in total. The molecule has 2 saturated heterocycles. The second-order valence-corrected chi connectivity index (χ2v) is 17.0. The van der Waals surface area contributed by atoms with Crippen molar-refractivity contribution in [3.05, 3.63) is 131 Å². The number of aliphatic carboxylic acids is 4. The van der Waals surface area contributed by atoms with E-state index in [1.165, 1.54) is 36.8 Å². The number of phenols is 2. The van der Waals surface area contributed by atoms with Crippen molar-refractivity contribution in [1.29, 1.82) is 0 Å². The second kappa shape index (κ2) is 29.8. The summed E-state index contributed by atoms with van der Waals surface area (Å²) in [5.74, 6) is -5.13. The molecule has 0 amide bonds. The first-order valence-corrected chi connectivity index (χ1v) is 22.3. The molecule has 2 aliphatic rings. The molecule has 19 nitrogen and oxygen atoms in total. The third-order valence-electron chi connectivity index (χ3n) is 12.2. The summed E-state index contributed by atoms with van der Waals surface area (Å²) >= 11 is 0. The number of aliphatic hydroxyl groups excluding tert-OH is 6. The monoisotopic (exact) mass is 968 g/mol. The second-order valence-electron chi connectivity index (χ2n) is 17.0. The highest BCUT2D eigenvalue weighted by Crippen LogP contribution is 2.30. The van der Waals surface area contributed by atoms with Gasteiger partial charge in [-0.2, -0.15) is 0 Å². The van der Waals surface area contributed by atoms with Crippen molar-refractivity contribution in [2.24, 2.45) is 11.8 Å². The standard InChI is InChI=1S/2C21H27NO2.2C4H6O6.H2O/c2*1-16(21(24)19-7-9-20(23)10-8-19)22-13-11-18(12-14-22)15-17-5-3-2-4-6-17;2*5-1(3(7)8)2(6)4(9)10;/h2*2-10,16,18,21,23-24H,11-15H2,1H3;2*1-2,5-6H,(H,7,8)(H,9,10);1H2. The minimum absolute atomic E-state index is 0. The zero-order chi connectivity index (χ0) is 50.5. The topological polar surface area (TPSA) is 349 Å². The fourth-order valence-corrected chi connectivity index (χ4v) is 7.86. The third kappa shape index (κ3) is 19.9. The van der Waals surface area contributed by atoms with Gasteiger partial charge in [-0.25, -0.2) is 19.2 Å². The molecule has 0 spiro atoms. The predicted octanol–water partition coefficient (Wildman–Crippen LogP) is 2.47. The zero-order valence-electron chi connectivity index (χ0n) is 38.6. The first-order chi connectivity index (χ1) is 32.2. The normalized spacial score (nSPS) is 17.9. The average molecular weight is 969 g/mol. The number of benzene rings is 4. The molecule has 0 aliphatic carbocycles. The van der Waals surface area contributed by atoms with Crippen molar-refractivity contribution in [3.63, 3.8) is 0 Å². The van der Waals surface area contributed by atoms with E-state index in [0.29, 0.717) is 0 Å². The molecule has 0 radical (unpaired) electrons. The van der Waals surface area contributed by atoms with Crippen LogP contribution in [0.3, 0.4) is 0 Å². The molecule has 8 atom stereocenters. The number of carboxylic acids is 4. The summed E-state index contributed by atoms with van der Waals surface area (Å²) < 4.78 is 0. The molecule has 19 heteroatoms. The quantitative estimate of drug-likeness (QED) is 0.0767. The van der Waals surface area contributed by atoms with Crippen LogP contribution in [-0.4, -0.2) is 163 Å². The maximum absolute atomic E-state index is 10.6. The summed E-state index contributed by atoms with van der Waals surface area (Å²) in [4.78, 5) is 43.9. The molecular formula is C50H68N2O17. The number of phenolic OH excluding ortho intramolecular Hbond substituents is 2. The van der Waals surface area contributed by atoms with Gasteiger partial charge in [-0.15, -0.1) is 0 Å². The maximum atomic E-state index is 10.6. The molecule has 69 heavy (non-hydrogen) atoms. The Morgan fingerprint density at radius 3 is 0.928 bits per heavy atom. The molecule has 4 aromatic rings. The van der Waals surface area contributed by atoms with Crippen molar-refractivity contribution in [2.75, 3.05) is 26.2 Å². The average Bonchev–Trinajstić information content (AvgIpc) is 3.34. The van der Waals surface area contributed by atoms with Gasteiger partial charge in [0.15, 0.2) is 24.4 Å². The van der Waals surface area contributed by atoms with Crippen LogP contribution in [0.4, 0.5) is 0 Å². The summed E-state index contributed by atoms with van der Waals surface area (Å²) in [5.41, 5.74) is 4.58. The highest BCUT2D eigenvalue weighted by Gasteiger charge is 2.31. The van der Waals surface area contributed by atoms with Crippen LogP contribution >= 0.6 is 0 Å². The van der Waals surface area contributed by atoms with E-state index in [-0.39, 0.29) is 29.1 Å². The van der Waals surface area contributed by atoms with E-state index in [1.807, 2.05) is 0 Å². The molecule has 4 aromatic carbocycles. The SMILES string of the molecule is CC(C(O)c1ccc(O)cc1)N1CCC(Cc2ccccc2)CC1.CC(C(O)c1ccc(O)cc1)N1CCC(Cc2ccccc2)CC1.O.O=C(O)C(O)C(O)C(=O)O.O=C(O)C(O)C(O)C(=O)O. The van der Waals surface area contributed by atoms with Crippen molar-refractivity contribution >= 4 is 23.9 Å². The van der Waals surface area contributed by atoms with Crippen LogP contribution in [0.15, 0.2) is 109 Å². The fraction of sp³-hybridized carbons (Fsp3) is 0.440. The summed E-state index contributed by atoms with van der Waals surface area (Å²) in [5, 5.41) is 105. The Bertz CT molecular complexity index is 1910. The lowest BCUT2D eigenvalue weighted by Gasteiger charge is -2.38. The highest BCUT2D eigenvalue weighted by molar-refractivity contribution is 5.83. The van der Waals surface area contributed by atoms with Gasteiger partial charge in [-0.05, 0) is 137 Å². The number of aromatic hydroxyl groups is 2. The van der Waals surface area contributed by atoms with Gasteiger partial charge in [0.1, 0.15) is 11.5 Å². The van der Waals surface area contributed by atoms with E-state index < -0.39 is 60.5 Å². The van der Waals surface area contributed by atoms with Crippen LogP contribution in [0.25, 0.3) is 0 Å². The lowest BCUT2D eigenvalue weighted by molar-refractivity contribution is -0.165. The molecule has 380 valence electrons. The summed E-state index contributed by atoms with van der Waals surface area (Å²) in [7, 11) is 0. The molecule has 0 bridgehead atoms.